The van der Waals surface area contributed by atoms with Crippen LogP contribution in [0, 0.1) is 0 Å². The summed E-state index contributed by atoms with van der Waals surface area (Å²) in [5.74, 6) is 0.160. The molecule has 1 amide bonds. The lowest BCUT2D eigenvalue weighted by Gasteiger charge is -2.12. The summed E-state index contributed by atoms with van der Waals surface area (Å²) in [4.78, 5) is 15.9. The van der Waals surface area contributed by atoms with Gasteiger partial charge in [0, 0.05) is 5.56 Å². The number of hydrogen-bond donors (Lipinski definition) is 2. The molecule has 2 N–H and O–H groups in total. The fourth-order valence-corrected chi connectivity index (χ4v) is 2.34. The maximum Gasteiger partial charge on any atom is 0.257 e. The van der Waals surface area contributed by atoms with E-state index in [0.29, 0.717) is 11.4 Å². The van der Waals surface area contributed by atoms with Crippen molar-refractivity contribution in [2.24, 2.45) is 0 Å². The van der Waals surface area contributed by atoms with Crippen molar-refractivity contribution in [2.75, 3.05) is 12.4 Å². The van der Waals surface area contributed by atoms with E-state index in [1.54, 1.807) is 19.2 Å². The topological polar surface area (TPSA) is 63.2 Å². The maximum atomic E-state index is 12.1. The van der Waals surface area contributed by atoms with E-state index in [2.05, 4.69) is 15.6 Å². The summed E-state index contributed by atoms with van der Waals surface area (Å²) in [6, 6.07) is 9.99. The molecule has 0 radical (unpaired) electrons. The number of nitrogens with zero attached hydrogens (tertiary/aromatic N) is 1. The predicted molar refractivity (Wildman–Crippen MR) is 90.9 cm³/mol. The van der Waals surface area contributed by atoms with Crippen LogP contribution in [0.2, 0.25) is 10.3 Å². The van der Waals surface area contributed by atoms with E-state index in [9.17, 15) is 4.79 Å². The molecule has 5 nitrogen and oxygen atoms in total. The molecule has 1 aromatic carbocycles. The van der Waals surface area contributed by atoms with E-state index in [0.717, 1.165) is 0 Å². The number of aromatic nitrogens is 1. The molecule has 8 heteroatoms. The average Bonchev–Trinajstić information content (AvgIpc) is 2.46. The third-order valence-electron chi connectivity index (χ3n) is 2.61. The Morgan fingerprint density at radius 3 is 2.50 bits per heavy atom. The Balaban J connectivity index is 2.07. The summed E-state index contributed by atoms with van der Waals surface area (Å²) < 4.78 is 5.19. The molecular formula is C14H11Cl2N3O2S. The number of anilines is 1. The standard InChI is InChI=1S/C14H11Cl2N3O2S/c1-21-10-5-3-2-4-9(10)17-14(22)19-13(20)8-6-11(15)18-12(16)7-8/h2-7H,1H3,(H2,17,19,20,22). The second-order valence-corrected chi connectivity index (χ2v) is 5.29. The summed E-state index contributed by atoms with van der Waals surface area (Å²) in [5.41, 5.74) is 0.898. The summed E-state index contributed by atoms with van der Waals surface area (Å²) in [6.07, 6.45) is 0. The van der Waals surface area contributed by atoms with Crippen molar-refractivity contribution in [3.8, 4) is 5.75 Å². The van der Waals surface area contributed by atoms with Gasteiger partial charge in [0.2, 0.25) is 0 Å². The van der Waals surface area contributed by atoms with Crippen LogP contribution in [0.1, 0.15) is 10.4 Å². The Bertz CT molecular complexity index is 705. The number of ether oxygens (including phenoxy) is 1. The van der Waals surface area contributed by atoms with E-state index in [4.69, 9.17) is 40.2 Å². The fourth-order valence-electron chi connectivity index (χ4n) is 1.67. The van der Waals surface area contributed by atoms with Gasteiger partial charge >= 0.3 is 0 Å². The first-order valence-electron chi connectivity index (χ1n) is 6.08. The molecule has 0 aliphatic heterocycles. The molecule has 1 aromatic heterocycles. The summed E-state index contributed by atoms with van der Waals surface area (Å²) in [7, 11) is 1.54. The number of halogens is 2. The van der Waals surface area contributed by atoms with Crippen molar-refractivity contribution in [3.63, 3.8) is 0 Å². The number of thiocarbonyl (C=S) groups is 1. The highest BCUT2D eigenvalue weighted by Crippen LogP contribution is 2.22. The van der Waals surface area contributed by atoms with Crippen LogP contribution >= 0.6 is 35.4 Å². The number of pyridine rings is 1. The molecule has 0 bridgehead atoms. The number of nitrogens with one attached hydrogen (secondary N) is 2. The molecule has 0 aliphatic carbocycles. The van der Waals surface area contributed by atoms with E-state index >= 15 is 0 Å². The van der Waals surface area contributed by atoms with Crippen LogP contribution in [0.15, 0.2) is 36.4 Å². The van der Waals surface area contributed by atoms with E-state index in [1.165, 1.54) is 12.1 Å². The lowest BCUT2D eigenvalue weighted by atomic mass is 10.2. The second-order valence-electron chi connectivity index (χ2n) is 4.11. The number of carbonyl (C=O) groups is 1. The Morgan fingerprint density at radius 1 is 1.23 bits per heavy atom. The Hall–Kier alpha value is -1.89. The molecule has 2 aromatic rings. The van der Waals surface area contributed by atoms with Gasteiger partial charge in [0.05, 0.1) is 12.8 Å². The summed E-state index contributed by atoms with van der Waals surface area (Å²) in [6.45, 7) is 0. The number of methoxy groups -OCH3 is 1. The van der Waals surface area contributed by atoms with Crippen molar-refractivity contribution in [1.82, 2.24) is 10.3 Å². The first-order valence-corrected chi connectivity index (χ1v) is 7.24. The molecule has 0 unspecified atom stereocenters. The quantitative estimate of drug-likeness (QED) is 0.651. The first kappa shape index (κ1) is 16.5. The van der Waals surface area contributed by atoms with Crippen molar-refractivity contribution in [3.05, 3.63) is 52.3 Å². The molecule has 114 valence electrons. The average molecular weight is 356 g/mol. The lowest BCUT2D eigenvalue weighted by Crippen LogP contribution is -2.34. The summed E-state index contributed by atoms with van der Waals surface area (Å²) >= 11 is 16.6. The van der Waals surface area contributed by atoms with Crippen molar-refractivity contribution in [1.29, 1.82) is 0 Å². The fraction of sp³-hybridized carbons (Fsp3) is 0.0714. The highest BCUT2D eigenvalue weighted by atomic mass is 35.5. The number of carbonyl (C=O) groups excluding carboxylic acids is 1. The van der Waals surface area contributed by atoms with Gasteiger partial charge in [0.1, 0.15) is 16.1 Å². The molecule has 1 heterocycles. The number of benzene rings is 1. The maximum absolute atomic E-state index is 12.1. The number of hydrogen-bond acceptors (Lipinski definition) is 4. The van der Waals surface area contributed by atoms with Gasteiger partial charge < -0.3 is 10.1 Å². The van der Waals surface area contributed by atoms with E-state index in [1.807, 2.05) is 12.1 Å². The largest absolute Gasteiger partial charge is 0.495 e. The van der Waals surface area contributed by atoms with Gasteiger partial charge in [-0.3, -0.25) is 10.1 Å². The van der Waals surface area contributed by atoms with Gasteiger partial charge in [-0.15, -0.1) is 0 Å². The normalized spacial score (nSPS) is 9.95. The van der Waals surface area contributed by atoms with Crippen molar-refractivity contribution >= 4 is 52.1 Å². The monoisotopic (exact) mass is 355 g/mol. The summed E-state index contributed by atoms with van der Waals surface area (Å²) in [5, 5.41) is 5.79. The minimum absolute atomic E-state index is 0.124. The second kappa shape index (κ2) is 7.40. The van der Waals surface area contributed by atoms with Crippen LogP contribution in [0.3, 0.4) is 0 Å². The van der Waals surface area contributed by atoms with Gasteiger partial charge in [-0.1, -0.05) is 35.3 Å². The predicted octanol–water partition coefficient (Wildman–Crippen LogP) is 3.52. The minimum Gasteiger partial charge on any atom is -0.495 e. The minimum atomic E-state index is -0.446. The van der Waals surface area contributed by atoms with Gasteiger partial charge in [0.25, 0.3) is 5.91 Å². The van der Waals surface area contributed by atoms with Crippen LogP contribution < -0.4 is 15.4 Å². The Morgan fingerprint density at radius 2 is 1.86 bits per heavy atom. The smallest absolute Gasteiger partial charge is 0.257 e. The molecule has 0 fully saturated rings. The van der Waals surface area contributed by atoms with Crippen LogP contribution in [0.25, 0.3) is 0 Å². The van der Waals surface area contributed by atoms with E-state index < -0.39 is 5.91 Å². The molecule has 2 rings (SSSR count). The highest BCUT2D eigenvalue weighted by Gasteiger charge is 2.11. The molecule has 0 atom stereocenters. The third-order valence-corrected chi connectivity index (χ3v) is 3.20. The third kappa shape index (κ3) is 4.30. The highest BCUT2D eigenvalue weighted by molar-refractivity contribution is 7.80. The van der Waals surface area contributed by atoms with Crippen molar-refractivity contribution in [2.45, 2.75) is 0 Å². The Kier molecular flexibility index (Phi) is 5.54. The van der Waals surface area contributed by atoms with Crippen LogP contribution in [-0.2, 0) is 0 Å². The van der Waals surface area contributed by atoms with E-state index in [-0.39, 0.29) is 21.0 Å². The molecule has 22 heavy (non-hydrogen) atoms. The van der Waals surface area contributed by atoms with Crippen LogP contribution in [0.5, 0.6) is 5.75 Å². The van der Waals surface area contributed by atoms with Gasteiger partial charge in [-0.2, -0.15) is 0 Å². The van der Waals surface area contributed by atoms with Crippen LogP contribution in [-0.4, -0.2) is 23.1 Å². The zero-order chi connectivity index (χ0) is 16.1. The first-order chi connectivity index (χ1) is 10.5. The Labute approximate surface area is 142 Å². The zero-order valence-electron chi connectivity index (χ0n) is 11.4. The molecule has 0 aliphatic rings. The number of amides is 1. The zero-order valence-corrected chi connectivity index (χ0v) is 13.7. The SMILES string of the molecule is COc1ccccc1NC(=S)NC(=O)c1cc(Cl)nc(Cl)c1. The molecular weight excluding hydrogens is 345 g/mol. The molecule has 0 saturated heterocycles. The van der Waals surface area contributed by atoms with Gasteiger partial charge in [-0.05, 0) is 36.5 Å². The number of rotatable bonds is 3. The lowest BCUT2D eigenvalue weighted by molar-refractivity contribution is 0.0977. The van der Waals surface area contributed by atoms with Crippen LogP contribution in [0.4, 0.5) is 5.69 Å². The van der Waals surface area contributed by atoms with Gasteiger partial charge in [0.15, 0.2) is 5.11 Å². The number of para-hydroxylation sites is 2. The molecule has 0 spiro atoms. The molecule has 0 saturated carbocycles. The van der Waals surface area contributed by atoms with Crippen molar-refractivity contribution < 1.29 is 9.53 Å². The van der Waals surface area contributed by atoms with Gasteiger partial charge in [-0.25, -0.2) is 4.98 Å².